The maximum atomic E-state index is 4.60. The minimum absolute atomic E-state index is 0.367. The van der Waals surface area contributed by atoms with E-state index in [-0.39, 0.29) is 0 Å². The summed E-state index contributed by atoms with van der Waals surface area (Å²) in [7, 11) is 2.01. The van der Waals surface area contributed by atoms with Crippen LogP contribution in [0.25, 0.3) is 5.65 Å². The van der Waals surface area contributed by atoms with Crippen LogP contribution in [0.3, 0.4) is 0 Å². The lowest BCUT2D eigenvalue weighted by molar-refractivity contribution is 0.474. The Bertz CT molecular complexity index is 841. The van der Waals surface area contributed by atoms with E-state index in [1.165, 1.54) is 0 Å². The average Bonchev–Trinajstić information content (AvgIpc) is 3.22. The van der Waals surface area contributed by atoms with Crippen molar-refractivity contribution in [3.05, 3.63) is 30.2 Å². The molecule has 8 nitrogen and oxygen atoms in total. The van der Waals surface area contributed by atoms with Gasteiger partial charge in [0.2, 0.25) is 5.65 Å². The predicted octanol–water partition coefficient (Wildman–Crippen LogP) is 1.76. The molecular weight excluding hydrogens is 304 g/mol. The minimum Gasteiger partial charge on any atom is -0.368 e. The molecular formula is C16H22N8. The van der Waals surface area contributed by atoms with Gasteiger partial charge in [0.1, 0.15) is 18.5 Å². The molecule has 8 heteroatoms. The second kappa shape index (κ2) is 5.85. The molecule has 4 rings (SSSR count). The van der Waals surface area contributed by atoms with Crippen molar-refractivity contribution in [2.45, 2.75) is 38.5 Å². The SMILES string of the molecule is CC(C)c1cc(N2CCC(c3nncn3C)CC2)c2nncn2n1. The lowest BCUT2D eigenvalue weighted by Crippen LogP contribution is -2.34. The molecule has 1 aliphatic heterocycles. The fourth-order valence-electron chi connectivity index (χ4n) is 3.38. The van der Waals surface area contributed by atoms with Gasteiger partial charge in [-0.2, -0.15) is 9.61 Å². The van der Waals surface area contributed by atoms with Crippen LogP contribution >= 0.6 is 0 Å². The maximum Gasteiger partial charge on any atom is 0.200 e. The monoisotopic (exact) mass is 326 g/mol. The second-order valence-electron chi connectivity index (χ2n) is 6.77. The standard InChI is InChI=1S/C16H22N8/c1-11(2)13-8-14(16-20-18-10-24(16)21-13)23-6-4-12(5-7-23)15-19-17-9-22(15)3/h8-12H,4-7H2,1-3H3. The van der Waals surface area contributed by atoms with Crippen LogP contribution in [0.2, 0.25) is 0 Å². The number of fused-ring (bicyclic) bond motifs is 1. The molecule has 3 aromatic rings. The molecule has 1 saturated heterocycles. The summed E-state index contributed by atoms with van der Waals surface area (Å²) in [5.41, 5.74) is 3.02. The fourth-order valence-corrected chi connectivity index (χ4v) is 3.38. The first-order chi connectivity index (χ1) is 11.6. The van der Waals surface area contributed by atoms with E-state index in [1.54, 1.807) is 17.2 Å². The summed E-state index contributed by atoms with van der Waals surface area (Å²) in [5, 5.41) is 21.2. The smallest absolute Gasteiger partial charge is 0.200 e. The lowest BCUT2D eigenvalue weighted by Gasteiger charge is -2.33. The highest BCUT2D eigenvalue weighted by Gasteiger charge is 2.26. The highest BCUT2D eigenvalue weighted by Crippen LogP contribution is 2.31. The molecule has 0 unspecified atom stereocenters. The summed E-state index contributed by atoms with van der Waals surface area (Å²) in [6, 6.07) is 2.16. The number of hydrogen-bond donors (Lipinski definition) is 0. The Hall–Kier alpha value is -2.51. The molecule has 0 aliphatic carbocycles. The zero-order valence-corrected chi connectivity index (χ0v) is 14.3. The summed E-state index contributed by atoms with van der Waals surface area (Å²) in [5.74, 6) is 1.92. The number of nitrogens with zero attached hydrogens (tertiary/aromatic N) is 8. The summed E-state index contributed by atoms with van der Waals surface area (Å²) >= 11 is 0. The first-order valence-electron chi connectivity index (χ1n) is 8.43. The molecule has 1 fully saturated rings. The van der Waals surface area contributed by atoms with E-state index < -0.39 is 0 Å². The molecule has 3 aromatic heterocycles. The van der Waals surface area contributed by atoms with Crippen molar-refractivity contribution in [3.63, 3.8) is 0 Å². The summed E-state index contributed by atoms with van der Waals surface area (Å²) in [6.45, 7) is 6.26. The van der Waals surface area contributed by atoms with E-state index >= 15 is 0 Å². The Kier molecular flexibility index (Phi) is 3.66. The fraction of sp³-hybridized carbons (Fsp3) is 0.562. The van der Waals surface area contributed by atoms with Crippen molar-refractivity contribution in [3.8, 4) is 0 Å². The molecule has 4 heterocycles. The zero-order valence-electron chi connectivity index (χ0n) is 14.3. The summed E-state index contributed by atoms with van der Waals surface area (Å²) in [6.07, 6.45) is 5.58. The molecule has 0 saturated carbocycles. The van der Waals surface area contributed by atoms with Gasteiger partial charge in [-0.25, -0.2) is 0 Å². The van der Waals surface area contributed by atoms with Gasteiger partial charge in [0.15, 0.2) is 0 Å². The van der Waals surface area contributed by atoms with Crippen LogP contribution in [0.15, 0.2) is 18.7 Å². The quantitative estimate of drug-likeness (QED) is 0.730. The highest BCUT2D eigenvalue weighted by molar-refractivity contribution is 5.68. The maximum absolute atomic E-state index is 4.60. The average molecular weight is 326 g/mol. The van der Waals surface area contributed by atoms with Crippen molar-refractivity contribution >= 4 is 11.3 Å². The van der Waals surface area contributed by atoms with Gasteiger partial charge in [0.05, 0.1) is 11.4 Å². The van der Waals surface area contributed by atoms with Gasteiger partial charge in [-0.05, 0) is 24.8 Å². The Labute approximate surface area is 140 Å². The van der Waals surface area contributed by atoms with Gasteiger partial charge in [0.25, 0.3) is 0 Å². The molecule has 24 heavy (non-hydrogen) atoms. The van der Waals surface area contributed by atoms with Crippen molar-refractivity contribution in [1.29, 1.82) is 0 Å². The van der Waals surface area contributed by atoms with Crippen LogP contribution < -0.4 is 4.90 Å². The molecule has 0 N–H and O–H groups in total. The van der Waals surface area contributed by atoms with Gasteiger partial charge in [-0.15, -0.1) is 20.4 Å². The molecule has 0 atom stereocenters. The third-order valence-electron chi connectivity index (χ3n) is 4.81. The van der Waals surface area contributed by atoms with E-state index in [0.717, 1.165) is 48.8 Å². The first kappa shape index (κ1) is 15.0. The van der Waals surface area contributed by atoms with Crippen LogP contribution in [0.1, 0.15) is 50.0 Å². The van der Waals surface area contributed by atoms with Gasteiger partial charge >= 0.3 is 0 Å². The van der Waals surface area contributed by atoms with E-state index in [2.05, 4.69) is 50.3 Å². The van der Waals surface area contributed by atoms with Crippen LogP contribution in [0.5, 0.6) is 0 Å². The molecule has 0 bridgehead atoms. The molecule has 126 valence electrons. The molecule has 0 aromatic carbocycles. The van der Waals surface area contributed by atoms with Crippen molar-refractivity contribution in [2.75, 3.05) is 18.0 Å². The van der Waals surface area contributed by atoms with Crippen molar-refractivity contribution in [2.24, 2.45) is 7.05 Å². The second-order valence-corrected chi connectivity index (χ2v) is 6.77. The van der Waals surface area contributed by atoms with E-state index in [1.807, 2.05) is 11.6 Å². The topological polar surface area (TPSA) is 77.0 Å². The first-order valence-corrected chi connectivity index (χ1v) is 8.43. The lowest BCUT2D eigenvalue weighted by atomic mass is 9.95. The Morgan fingerprint density at radius 3 is 2.50 bits per heavy atom. The summed E-state index contributed by atoms with van der Waals surface area (Å²) < 4.78 is 3.82. The highest BCUT2D eigenvalue weighted by atomic mass is 15.4. The molecule has 0 spiro atoms. The van der Waals surface area contributed by atoms with Crippen LogP contribution in [0, 0.1) is 0 Å². The minimum atomic E-state index is 0.367. The number of aromatic nitrogens is 7. The third-order valence-corrected chi connectivity index (χ3v) is 4.81. The van der Waals surface area contributed by atoms with Crippen molar-refractivity contribution in [1.82, 2.24) is 34.6 Å². The van der Waals surface area contributed by atoms with E-state index in [9.17, 15) is 0 Å². The molecule has 0 amide bonds. The third kappa shape index (κ3) is 2.51. The predicted molar refractivity (Wildman–Crippen MR) is 90.1 cm³/mol. The number of piperidine rings is 1. The Morgan fingerprint density at radius 2 is 1.83 bits per heavy atom. The van der Waals surface area contributed by atoms with Crippen LogP contribution in [0.4, 0.5) is 5.69 Å². The Morgan fingerprint density at radius 1 is 1.08 bits per heavy atom. The largest absolute Gasteiger partial charge is 0.368 e. The molecule has 1 aliphatic rings. The normalized spacial score (nSPS) is 16.4. The number of rotatable bonds is 3. The van der Waals surface area contributed by atoms with Gasteiger partial charge < -0.3 is 9.47 Å². The van der Waals surface area contributed by atoms with Gasteiger partial charge in [0, 0.05) is 26.1 Å². The van der Waals surface area contributed by atoms with Crippen LogP contribution in [-0.2, 0) is 7.05 Å². The number of hydrogen-bond acceptors (Lipinski definition) is 6. The van der Waals surface area contributed by atoms with E-state index in [0.29, 0.717) is 11.8 Å². The summed E-state index contributed by atoms with van der Waals surface area (Å²) in [4.78, 5) is 2.39. The van der Waals surface area contributed by atoms with E-state index in [4.69, 9.17) is 0 Å². The van der Waals surface area contributed by atoms with Crippen molar-refractivity contribution < 1.29 is 0 Å². The molecule has 0 radical (unpaired) electrons. The van der Waals surface area contributed by atoms with Crippen LogP contribution in [-0.4, -0.2) is 47.7 Å². The number of anilines is 1. The number of aryl methyl sites for hydroxylation is 1. The van der Waals surface area contributed by atoms with Gasteiger partial charge in [-0.1, -0.05) is 13.8 Å². The Balaban J connectivity index is 1.60. The van der Waals surface area contributed by atoms with Gasteiger partial charge in [-0.3, -0.25) is 0 Å². The zero-order chi connectivity index (χ0) is 16.7.